The van der Waals surface area contributed by atoms with Crippen LogP contribution in [0.4, 0.5) is 11.5 Å². The van der Waals surface area contributed by atoms with Gasteiger partial charge in [0.15, 0.2) is 0 Å². The molecule has 1 saturated carbocycles. The summed E-state index contributed by atoms with van der Waals surface area (Å²) in [6.45, 7) is 6.54. The van der Waals surface area contributed by atoms with Crippen LogP contribution in [0.5, 0.6) is 0 Å². The summed E-state index contributed by atoms with van der Waals surface area (Å²) in [5, 5.41) is 9.45. The van der Waals surface area contributed by atoms with Crippen molar-refractivity contribution in [2.75, 3.05) is 17.7 Å². The molecule has 1 aliphatic carbocycles. The van der Waals surface area contributed by atoms with Gasteiger partial charge in [0.2, 0.25) is 0 Å². The van der Waals surface area contributed by atoms with E-state index in [1.807, 2.05) is 57.6 Å². The second-order valence-electron chi connectivity index (χ2n) is 10.5. The van der Waals surface area contributed by atoms with E-state index in [4.69, 9.17) is 0 Å². The van der Waals surface area contributed by atoms with Crippen LogP contribution in [-0.4, -0.2) is 26.6 Å². The summed E-state index contributed by atoms with van der Waals surface area (Å²) < 4.78 is 15.0. The molecule has 7 nitrogen and oxygen atoms in total. The van der Waals surface area contributed by atoms with Gasteiger partial charge >= 0.3 is 0 Å². The van der Waals surface area contributed by atoms with Crippen molar-refractivity contribution in [2.24, 2.45) is 0 Å². The number of rotatable bonds is 12. The highest BCUT2D eigenvalue weighted by Crippen LogP contribution is 2.40. The summed E-state index contributed by atoms with van der Waals surface area (Å²) in [5.41, 5.74) is 9.46. The Kier molecular flexibility index (Phi) is 9.92. The second kappa shape index (κ2) is 14.2. The number of aromatic nitrogens is 3. The highest BCUT2D eigenvalue weighted by atomic mass is 32.2. The molecule has 0 amide bonds. The van der Waals surface area contributed by atoms with Gasteiger partial charge in [-0.3, -0.25) is 0 Å². The number of allylic oxidation sites excluding steroid dienone is 6. The van der Waals surface area contributed by atoms with Crippen LogP contribution in [0, 0.1) is 0 Å². The molecule has 2 aromatic carbocycles. The number of benzene rings is 2. The number of nitrogens with one attached hydrogen (secondary N) is 3. The van der Waals surface area contributed by atoms with Gasteiger partial charge in [-0.05, 0) is 92.1 Å². The summed E-state index contributed by atoms with van der Waals surface area (Å²) in [6.07, 6.45) is 17.5. The lowest BCUT2D eigenvalue weighted by Crippen LogP contribution is -2.19. The van der Waals surface area contributed by atoms with Crippen LogP contribution in [0.15, 0.2) is 103 Å². The molecule has 1 fully saturated rings. The molecule has 43 heavy (non-hydrogen) atoms. The average molecular weight is 591 g/mol. The molecule has 0 saturated heterocycles. The number of anilines is 2. The molecule has 4 aromatic rings. The molecule has 0 spiro atoms. The van der Waals surface area contributed by atoms with Gasteiger partial charge in [-0.15, -0.1) is 0 Å². The van der Waals surface area contributed by atoms with E-state index >= 15 is 0 Å². The van der Waals surface area contributed by atoms with Crippen LogP contribution >= 0.6 is 0 Å². The maximum atomic E-state index is 12.1. The van der Waals surface area contributed by atoms with Crippen molar-refractivity contribution in [3.8, 4) is 11.1 Å². The largest absolute Gasteiger partial charge is 0.588 e. The quantitative estimate of drug-likeness (QED) is 0.114. The summed E-state index contributed by atoms with van der Waals surface area (Å²) in [7, 11) is 1.93. The number of pyridine rings is 1. The molecule has 220 valence electrons. The Labute approximate surface area is 257 Å². The van der Waals surface area contributed by atoms with Gasteiger partial charge in [0.05, 0.1) is 28.3 Å². The Hall–Kier alpha value is -4.40. The van der Waals surface area contributed by atoms with Crippen molar-refractivity contribution < 1.29 is 4.55 Å². The highest BCUT2D eigenvalue weighted by molar-refractivity contribution is 7.92. The van der Waals surface area contributed by atoms with Crippen molar-refractivity contribution >= 4 is 39.3 Å². The number of fused-ring (bicyclic) bond motifs is 1. The fraction of sp³-hybridized carbons (Fsp3) is 0.229. The second-order valence-corrected chi connectivity index (χ2v) is 11.6. The summed E-state index contributed by atoms with van der Waals surface area (Å²) >= 11 is -1.26. The van der Waals surface area contributed by atoms with E-state index in [0.717, 1.165) is 50.4 Å². The molecule has 3 N–H and O–H groups in total. The van der Waals surface area contributed by atoms with E-state index in [1.165, 1.54) is 24.0 Å². The molecule has 5 rings (SSSR count). The van der Waals surface area contributed by atoms with Crippen molar-refractivity contribution in [1.82, 2.24) is 19.7 Å². The highest BCUT2D eigenvalue weighted by Gasteiger charge is 2.23. The SMILES string of the molecule is C/C=C/[S+]([O-])NC(/C=C\C=C(/C)c1cc(-c2ccc(CNc3cc(C4CC4)ccn3)cc2)c(NC)c2cncnc12)=C/C. The zero-order valence-electron chi connectivity index (χ0n) is 25.1. The normalized spacial score (nSPS) is 14.9. The molecule has 1 atom stereocenters. The number of hydrogen-bond donors (Lipinski definition) is 3. The minimum absolute atomic E-state index is 0.705. The summed E-state index contributed by atoms with van der Waals surface area (Å²) in [6, 6.07) is 15.1. The van der Waals surface area contributed by atoms with Crippen LogP contribution in [0.25, 0.3) is 27.6 Å². The molecule has 1 aliphatic rings. The lowest BCUT2D eigenvalue weighted by atomic mass is 9.93. The molecular weight excluding hydrogens is 552 g/mol. The van der Waals surface area contributed by atoms with Crippen LogP contribution in [0.3, 0.4) is 0 Å². The minimum atomic E-state index is -1.26. The first-order chi connectivity index (χ1) is 21.0. The molecule has 0 bridgehead atoms. The van der Waals surface area contributed by atoms with E-state index in [-0.39, 0.29) is 0 Å². The van der Waals surface area contributed by atoms with Gasteiger partial charge in [0.25, 0.3) is 0 Å². The van der Waals surface area contributed by atoms with Crippen molar-refractivity contribution in [3.05, 3.63) is 119 Å². The van der Waals surface area contributed by atoms with E-state index in [9.17, 15) is 4.55 Å². The van der Waals surface area contributed by atoms with Crippen LogP contribution in [0.2, 0.25) is 0 Å². The van der Waals surface area contributed by atoms with Gasteiger partial charge in [-0.25, -0.2) is 19.7 Å². The van der Waals surface area contributed by atoms with Crippen LogP contribution in [-0.2, 0) is 17.9 Å². The van der Waals surface area contributed by atoms with E-state index in [1.54, 1.807) is 17.8 Å². The molecule has 1 unspecified atom stereocenters. The maximum Gasteiger partial charge on any atom is 0.140 e. The lowest BCUT2D eigenvalue weighted by Gasteiger charge is -2.17. The minimum Gasteiger partial charge on any atom is -0.588 e. The van der Waals surface area contributed by atoms with Crippen molar-refractivity contribution in [2.45, 2.75) is 46.1 Å². The molecule has 8 heteroatoms. The van der Waals surface area contributed by atoms with Gasteiger partial charge in [-0.1, -0.05) is 42.5 Å². The number of nitrogens with zero attached hydrogens (tertiary/aromatic N) is 3. The first-order valence-corrected chi connectivity index (χ1v) is 15.8. The van der Waals surface area contributed by atoms with Gasteiger partial charge < -0.3 is 15.2 Å². The molecular formula is C35H38N6OS. The number of hydrogen-bond acceptors (Lipinski definition) is 7. The zero-order valence-corrected chi connectivity index (χ0v) is 25.9. The van der Waals surface area contributed by atoms with Crippen LogP contribution in [0.1, 0.15) is 56.2 Å². The fourth-order valence-corrected chi connectivity index (χ4v) is 5.75. The van der Waals surface area contributed by atoms with Crippen LogP contribution < -0.4 is 15.4 Å². The Morgan fingerprint density at radius 1 is 1.09 bits per heavy atom. The first-order valence-electron chi connectivity index (χ1n) is 14.6. The predicted molar refractivity (Wildman–Crippen MR) is 181 cm³/mol. The third-order valence-corrected chi connectivity index (χ3v) is 8.41. The van der Waals surface area contributed by atoms with Gasteiger partial charge in [0.1, 0.15) is 17.6 Å². The van der Waals surface area contributed by atoms with Gasteiger partial charge in [-0.2, -0.15) is 0 Å². The first kappa shape index (κ1) is 30.1. The molecule has 0 aliphatic heterocycles. The third kappa shape index (κ3) is 7.52. The topological polar surface area (TPSA) is 97.8 Å². The summed E-state index contributed by atoms with van der Waals surface area (Å²) in [4.78, 5) is 13.5. The zero-order chi connectivity index (χ0) is 30.2. The predicted octanol–water partition coefficient (Wildman–Crippen LogP) is 7.87. The molecule has 2 aromatic heterocycles. The Balaban J connectivity index is 1.40. The monoisotopic (exact) mass is 590 g/mol. The van der Waals surface area contributed by atoms with Gasteiger partial charge in [0, 0.05) is 42.5 Å². The van der Waals surface area contributed by atoms with Crippen molar-refractivity contribution in [1.29, 1.82) is 0 Å². The smallest absolute Gasteiger partial charge is 0.140 e. The van der Waals surface area contributed by atoms with Crippen molar-refractivity contribution in [3.63, 3.8) is 0 Å². The Morgan fingerprint density at radius 3 is 2.63 bits per heavy atom. The fourth-order valence-electron chi connectivity index (χ4n) is 5.01. The Bertz CT molecular complexity index is 1690. The maximum absolute atomic E-state index is 12.1. The van der Waals surface area contributed by atoms with E-state index in [2.05, 4.69) is 79.7 Å². The molecule has 0 radical (unpaired) electrons. The van der Waals surface area contributed by atoms with E-state index < -0.39 is 11.4 Å². The van der Waals surface area contributed by atoms with E-state index in [0.29, 0.717) is 12.5 Å². The standard InChI is InChI=1S/C35H38N6OS/c1-5-18-43(42)41-29(6-2)9-7-8-24(3)30-20-31(34(36-4)32-22-37-23-40-35(30)32)27-12-10-25(11-13-27)21-39-33-19-28(16-17-38-33)26-14-15-26/h5-13,16-20,22-23,26,36,41H,14-15,21H2,1-4H3,(H,38,39)/b9-7-,18-5+,24-8+,29-6+. The summed E-state index contributed by atoms with van der Waals surface area (Å²) in [5.74, 6) is 1.63. The lowest BCUT2D eigenvalue weighted by molar-refractivity contribution is 0.597. The Morgan fingerprint density at radius 2 is 1.91 bits per heavy atom. The third-order valence-electron chi connectivity index (χ3n) is 7.45. The molecule has 2 heterocycles. The average Bonchev–Trinajstić information content (AvgIpc) is 3.89.